The maximum Gasteiger partial charge on any atom is 0.119 e. The third-order valence-corrected chi connectivity index (χ3v) is 9.88. The Hall–Kier alpha value is -3.64. The van der Waals surface area contributed by atoms with Crippen LogP contribution in [-0.2, 0) is 18.0 Å². The monoisotopic (exact) mass is 664 g/mol. The Balaban J connectivity index is 1.52. The number of benzene rings is 4. The van der Waals surface area contributed by atoms with E-state index in [1.165, 1.54) is 11.1 Å². The fraction of sp³-hybridized carbons (Fsp3) is 0.455. The fourth-order valence-corrected chi connectivity index (χ4v) is 7.39. The molecular formula is C44H60N2O3. The Labute approximate surface area is 296 Å². The first-order valence-electron chi connectivity index (χ1n) is 18.3. The topological polar surface area (TPSA) is 56.2 Å². The molecule has 4 rings (SSSR count). The van der Waals surface area contributed by atoms with Gasteiger partial charge in [0.1, 0.15) is 11.5 Å². The molecule has 4 aromatic carbocycles. The number of hydrogen-bond acceptors (Lipinski definition) is 5. The quantitative estimate of drug-likeness (QED) is 0.111. The first-order valence-corrected chi connectivity index (χ1v) is 18.3. The smallest absolute Gasteiger partial charge is 0.119 e. The van der Waals surface area contributed by atoms with E-state index in [2.05, 4.69) is 126 Å². The molecule has 5 nitrogen and oxygen atoms in total. The molecule has 0 aromatic heterocycles. The van der Waals surface area contributed by atoms with Crippen LogP contribution in [0.5, 0.6) is 11.5 Å². The van der Waals surface area contributed by atoms with E-state index in [-0.39, 0.29) is 11.8 Å². The van der Waals surface area contributed by atoms with Crippen LogP contribution in [0.25, 0.3) is 0 Å². The van der Waals surface area contributed by atoms with Gasteiger partial charge in [-0.2, -0.15) is 0 Å². The lowest BCUT2D eigenvalue weighted by atomic mass is 9.86. The van der Waals surface area contributed by atoms with Gasteiger partial charge in [0.25, 0.3) is 0 Å². The molecule has 2 N–H and O–H groups in total. The summed E-state index contributed by atoms with van der Waals surface area (Å²) in [6.07, 6.45) is 1.81. The van der Waals surface area contributed by atoms with Crippen molar-refractivity contribution in [2.45, 2.75) is 117 Å². The molecule has 0 saturated carbocycles. The third kappa shape index (κ3) is 10.7. The van der Waals surface area contributed by atoms with E-state index >= 15 is 0 Å². The zero-order valence-electron chi connectivity index (χ0n) is 31.1. The zero-order chi connectivity index (χ0) is 35.5. The summed E-state index contributed by atoms with van der Waals surface area (Å²) in [6.45, 7) is 20.7. The molecule has 2 atom stereocenters. The van der Waals surface area contributed by atoms with Crippen molar-refractivity contribution in [3.05, 3.63) is 130 Å². The van der Waals surface area contributed by atoms with Crippen LogP contribution in [0.1, 0.15) is 113 Å². The number of hydrogen-bond donors (Lipinski definition) is 2. The van der Waals surface area contributed by atoms with Crippen molar-refractivity contribution in [3.63, 3.8) is 0 Å². The van der Waals surface area contributed by atoms with Crippen molar-refractivity contribution in [2.75, 3.05) is 13.1 Å². The first-order chi connectivity index (χ1) is 23.5. The zero-order valence-corrected chi connectivity index (χ0v) is 31.1. The minimum atomic E-state index is 0.0676. The van der Waals surface area contributed by atoms with Gasteiger partial charge in [-0.25, -0.2) is 0 Å². The van der Waals surface area contributed by atoms with Crippen LogP contribution < -0.4 is 0 Å². The van der Waals surface area contributed by atoms with Gasteiger partial charge in [-0.3, -0.25) is 9.80 Å². The average Bonchev–Trinajstić information content (AvgIpc) is 3.07. The van der Waals surface area contributed by atoms with E-state index in [0.29, 0.717) is 48.9 Å². The summed E-state index contributed by atoms with van der Waals surface area (Å²) in [6, 6.07) is 34.6. The van der Waals surface area contributed by atoms with Gasteiger partial charge in [-0.05, 0) is 128 Å². The Morgan fingerprint density at radius 2 is 0.837 bits per heavy atom. The number of rotatable bonds is 18. The van der Waals surface area contributed by atoms with E-state index in [1.54, 1.807) is 0 Å². The molecule has 0 unspecified atom stereocenters. The summed E-state index contributed by atoms with van der Waals surface area (Å²) < 4.78 is 6.31. The van der Waals surface area contributed by atoms with Gasteiger partial charge in [-0.15, -0.1) is 0 Å². The Kier molecular flexibility index (Phi) is 14.3. The van der Waals surface area contributed by atoms with Crippen molar-refractivity contribution in [3.8, 4) is 11.5 Å². The Bertz CT molecular complexity index is 1420. The summed E-state index contributed by atoms with van der Waals surface area (Å²) in [5.41, 5.74) is 6.35. The van der Waals surface area contributed by atoms with Gasteiger partial charge in [0.15, 0.2) is 0 Å². The normalized spacial score (nSPS) is 13.3. The van der Waals surface area contributed by atoms with Gasteiger partial charge in [0.05, 0.1) is 13.2 Å². The molecule has 0 amide bonds. The molecule has 49 heavy (non-hydrogen) atoms. The standard InChI is InChI=1S/C44H60N2O3/c1-31(2)45(32(3)4)25-23-39(37-15-11-9-12-16-37)41-27-35(19-21-43(41)47)29-49-30-36-20-22-44(48)42(28-36)40(38-17-13-10-14-18-38)24-26-46(33(5)6)34(7)8/h9-22,27-28,31-34,39-40,47-48H,23-26,29-30H2,1-8H3/t39-,40-/m1/s1. The van der Waals surface area contributed by atoms with Crippen LogP contribution in [0.4, 0.5) is 0 Å². The Morgan fingerprint density at radius 1 is 0.490 bits per heavy atom. The largest absolute Gasteiger partial charge is 0.508 e. The minimum Gasteiger partial charge on any atom is -0.508 e. The van der Waals surface area contributed by atoms with Gasteiger partial charge in [-0.1, -0.05) is 72.8 Å². The lowest BCUT2D eigenvalue weighted by Crippen LogP contribution is -2.38. The molecule has 0 bridgehead atoms. The molecule has 5 heteroatoms. The van der Waals surface area contributed by atoms with Crippen LogP contribution in [0.15, 0.2) is 97.1 Å². The molecule has 4 aromatic rings. The highest BCUT2D eigenvalue weighted by atomic mass is 16.5. The molecule has 0 heterocycles. The second-order valence-corrected chi connectivity index (χ2v) is 14.6. The minimum absolute atomic E-state index is 0.0676. The summed E-state index contributed by atoms with van der Waals surface area (Å²) in [4.78, 5) is 5.03. The van der Waals surface area contributed by atoms with Gasteiger partial charge < -0.3 is 14.9 Å². The Morgan fingerprint density at radius 3 is 1.16 bits per heavy atom. The van der Waals surface area contributed by atoms with Crippen molar-refractivity contribution >= 4 is 0 Å². The molecule has 0 spiro atoms. The van der Waals surface area contributed by atoms with Crippen LogP contribution >= 0.6 is 0 Å². The highest BCUT2D eigenvalue weighted by Crippen LogP contribution is 2.37. The van der Waals surface area contributed by atoms with E-state index in [1.807, 2.05) is 36.4 Å². The maximum atomic E-state index is 11.1. The van der Waals surface area contributed by atoms with E-state index in [4.69, 9.17) is 4.74 Å². The number of phenols is 2. The molecule has 264 valence electrons. The summed E-state index contributed by atoms with van der Waals surface area (Å²) in [5.74, 6) is 0.778. The van der Waals surface area contributed by atoms with Gasteiger partial charge >= 0.3 is 0 Å². The van der Waals surface area contributed by atoms with Crippen LogP contribution in [0, 0.1) is 0 Å². The molecular weight excluding hydrogens is 604 g/mol. The molecule has 0 aliphatic heterocycles. The highest BCUT2D eigenvalue weighted by molar-refractivity contribution is 5.45. The molecule has 0 radical (unpaired) electrons. The second-order valence-electron chi connectivity index (χ2n) is 14.6. The summed E-state index contributed by atoms with van der Waals surface area (Å²) in [5, 5.41) is 22.2. The average molecular weight is 665 g/mol. The third-order valence-electron chi connectivity index (χ3n) is 9.88. The van der Waals surface area contributed by atoms with Crippen molar-refractivity contribution in [2.24, 2.45) is 0 Å². The van der Waals surface area contributed by atoms with Gasteiger partial charge in [0.2, 0.25) is 0 Å². The van der Waals surface area contributed by atoms with E-state index in [9.17, 15) is 10.2 Å². The lowest BCUT2D eigenvalue weighted by Gasteiger charge is -2.32. The van der Waals surface area contributed by atoms with E-state index < -0.39 is 0 Å². The van der Waals surface area contributed by atoms with Crippen LogP contribution in [0.3, 0.4) is 0 Å². The van der Waals surface area contributed by atoms with Crippen molar-refractivity contribution in [1.82, 2.24) is 9.80 Å². The molecule has 0 fully saturated rings. The highest BCUT2D eigenvalue weighted by Gasteiger charge is 2.23. The molecule has 0 aliphatic rings. The van der Waals surface area contributed by atoms with Crippen molar-refractivity contribution < 1.29 is 14.9 Å². The predicted octanol–water partition coefficient (Wildman–Crippen LogP) is 10.1. The lowest BCUT2D eigenvalue weighted by molar-refractivity contribution is 0.107. The number of aromatic hydroxyl groups is 2. The predicted molar refractivity (Wildman–Crippen MR) is 204 cm³/mol. The van der Waals surface area contributed by atoms with Crippen molar-refractivity contribution in [1.29, 1.82) is 0 Å². The fourth-order valence-electron chi connectivity index (χ4n) is 7.39. The van der Waals surface area contributed by atoms with Crippen LogP contribution in [0.2, 0.25) is 0 Å². The van der Waals surface area contributed by atoms with Gasteiger partial charge in [0, 0.05) is 47.1 Å². The second kappa shape index (κ2) is 18.4. The number of ether oxygens (including phenoxy) is 1. The SMILES string of the molecule is CC(C)N(CC[C@H](c1ccccc1)c1cc(COCc2ccc(O)c([C@H](CCN(C(C)C)C(C)C)c3ccccc3)c2)ccc1O)C(C)C. The maximum absolute atomic E-state index is 11.1. The summed E-state index contributed by atoms with van der Waals surface area (Å²) in [7, 11) is 0. The van der Waals surface area contributed by atoms with Crippen LogP contribution in [-0.4, -0.2) is 57.3 Å². The first kappa shape index (κ1) is 38.2. The molecule has 0 saturated heterocycles. The van der Waals surface area contributed by atoms with E-state index in [0.717, 1.165) is 48.2 Å². The number of nitrogens with zero attached hydrogens (tertiary/aromatic N) is 2. The number of phenolic OH excluding ortho intramolecular Hbond substituents is 2. The summed E-state index contributed by atoms with van der Waals surface area (Å²) >= 11 is 0. The molecule has 0 aliphatic carbocycles.